The van der Waals surface area contributed by atoms with Crippen LogP contribution in [0.25, 0.3) is 0 Å². The van der Waals surface area contributed by atoms with Crippen molar-refractivity contribution in [2.45, 2.75) is 39.2 Å². The van der Waals surface area contributed by atoms with Crippen LogP contribution >= 0.6 is 0 Å². The minimum Gasteiger partial charge on any atom is -0.354 e. The molecule has 22 heavy (non-hydrogen) atoms. The van der Waals surface area contributed by atoms with Crippen molar-refractivity contribution in [1.82, 2.24) is 10.2 Å². The molecule has 2 amide bonds. The van der Waals surface area contributed by atoms with Crippen molar-refractivity contribution in [3.05, 3.63) is 35.6 Å². The number of piperidine rings is 1. The van der Waals surface area contributed by atoms with Crippen LogP contribution in [0, 0.1) is 11.7 Å². The average molecular weight is 306 g/mol. The third-order valence-electron chi connectivity index (χ3n) is 3.86. The Morgan fingerprint density at radius 3 is 2.91 bits per heavy atom. The number of nitrogens with one attached hydrogen (secondary N) is 1. The Morgan fingerprint density at radius 2 is 2.23 bits per heavy atom. The Hall–Kier alpha value is -1.91. The third kappa shape index (κ3) is 4.55. The van der Waals surface area contributed by atoms with Gasteiger partial charge in [0.15, 0.2) is 0 Å². The van der Waals surface area contributed by atoms with Gasteiger partial charge < -0.3 is 10.2 Å². The Morgan fingerprint density at radius 1 is 1.45 bits per heavy atom. The molecular weight excluding hydrogens is 283 g/mol. The fourth-order valence-corrected chi connectivity index (χ4v) is 2.70. The van der Waals surface area contributed by atoms with Crippen LogP contribution < -0.4 is 5.32 Å². The van der Waals surface area contributed by atoms with E-state index in [0.29, 0.717) is 32.4 Å². The van der Waals surface area contributed by atoms with Gasteiger partial charge in [0.2, 0.25) is 11.8 Å². The van der Waals surface area contributed by atoms with E-state index in [1.807, 2.05) is 19.9 Å². The van der Waals surface area contributed by atoms with E-state index in [0.717, 1.165) is 5.56 Å². The van der Waals surface area contributed by atoms with E-state index in [1.54, 1.807) is 11.0 Å². The van der Waals surface area contributed by atoms with Crippen molar-refractivity contribution in [2.75, 3.05) is 13.1 Å². The van der Waals surface area contributed by atoms with Crippen LogP contribution in [0.15, 0.2) is 24.3 Å². The average Bonchev–Trinajstić information content (AvgIpc) is 2.45. The smallest absolute Gasteiger partial charge is 0.225 e. The summed E-state index contributed by atoms with van der Waals surface area (Å²) in [7, 11) is 0. The summed E-state index contributed by atoms with van der Waals surface area (Å²) in [5.74, 6) is -0.326. The molecule has 1 aromatic rings. The van der Waals surface area contributed by atoms with Crippen LogP contribution in [0.4, 0.5) is 4.39 Å². The molecule has 1 aromatic carbocycles. The Kier molecular flexibility index (Phi) is 5.52. The molecule has 0 unspecified atom stereocenters. The fraction of sp³-hybridized carbons (Fsp3) is 0.529. The normalized spacial score (nSPS) is 18.6. The van der Waals surface area contributed by atoms with Crippen LogP contribution in [0.3, 0.4) is 0 Å². The summed E-state index contributed by atoms with van der Waals surface area (Å²) < 4.78 is 13.2. The third-order valence-corrected chi connectivity index (χ3v) is 3.86. The maximum atomic E-state index is 13.2. The summed E-state index contributed by atoms with van der Waals surface area (Å²) in [5.41, 5.74) is 0.863. The van der Waals surface area contributed by atoms with Crippen molar-refractivity contribution in [2.24, 2.45) is 5.92 Å². The van der Waals surface area contributed by atoms with Crippen molar-refractivity contribution in [3.63, 3.8) is 0 Å². The number of hydrogen-bond acceptors (Lipinski definition) is 2. The van der Waals surface area contributed by atoms with Crippen molar-refractivity contribution in [1.29, 1.82) is 0 Å². The van der Waals surface area contributed by atoms with Gasteiger partial charge in [-0.1, -0.05) is 12.1 Å². The molecule has 1 atom stereocenters. The van der Waals surface area contributed by atoms with E-state index in [9.17, 15) is 14.0 Å². The lowest BCUT2D eigenvalue weighted by molar-refractivity contribution is -0.138. The van der Waals surface area contributed by atoms with E-state index in [4.69, 9.17) is 0 Å². The molecule has 1 N–H and O–H groups in total. The number of likely N-dealkylation sites (tertiary alicyclic amines) is 1. The number of nitrogens with zero attached hydrogens (tertiary/aromatic N) is 1. The molecule has 0 saturated carbocycles. The van der Waals surface area contributed by atoms with Gasteiger partial charge in [-0.3, -0.25) is 9.59 Å². The van der Waals surface area contributed by atoms with Crippen molar-refractivity contribution >= 4 is 11.8 Å². The van der Waals surface area contributed by atoms with Crippen molar-refractivity contribution in [3.8, 4) is 0 Å². The summed E-state index contributed by atoms with van der Waals surface area (Å²) in [6, 6.07) is 6.51. The van der Waals surface area contributed by atoms with E-state index in [2.05, 4.69) is 5.32 Å². The molecule has 1 aliphatic rings. The van der Waals surface area contributed by atoms with Crippen LogP contribution in [0.2, 0.25) is 0 Å². The molecule has 120 valence electrons. The second kappa shape index (κ2) is 7.38. The minimum atomic E-state index is -0.267. The predicted octanol–water partition coefficient (Wildman–Crippen LogP) is 2.13. The van der Waals surface area contributed by atoms with Gasteiger partial charge in [-0.15, -0.1) is 0 Å². The molecule has 0 aliphatic carbocycles. The highest BCUT2D eigenvalue weighted by Crippen LogP contribution is 2.18. The first kappa shape index (κ1) is 16.5. The first-order chi connectivity index (χ1) is 10.5. The van der Waals surface area contributed by atoms with Crippen LogP contribution in [-0.4, -0.2) is 35.8 Å². The number of benzene rings is 1. The highest BCUT2D eigenvalue weighted by atomic mass is 19.1. The zero-order valence-corrected chi connectivity index (χ0v) is 13.1. The molecule has 1 heterocycles. The zero-order valence-electron chi connectivity index (χ0n) is 13.1. The largest absolute Gasteiger partial charge is 0.354 e. The Balaban J connectivity index is 1.91. The molecular formula is C17H23FN2O2. The monoisotopic (exact) mass is 306 g/mol. The van der Waals surface area contributed by atoms with Gasteiger partial charge in [0.1, 0.15) is 5.82 Å². The van der Waals surface area contributed by atoms with Gasteiger partial charge in [0, 0.05) is 25.6 Å². The standard InChI is InChI=1S/C17H23FN2O2/c1-12(2)19-17(22)14-6-7-16(21)20(11-14)9-8-13-4-3-5-15(18)10-13/h3-5,10,12,14H,6-9,11H2,1-2H3,(H,19,22)/t14-/m0/s1. The van der Waals surface area contributed by atoms with E-state index in [-0.39, 0.29) is 29.6 Å². The second-order valence-electron chi connectivity index (χ2n) is 6.12. The summed E-state index contributed by atoms with van der Waals surface area (Å²) >= 11 is 0. The SMILES string of the molecule is CC(C)NC(=O)[C@H]1CCC(=O)N(CCc2cccc(F)c2)C1. The lowest BCUT2D eigenvalue weighted by Gasteiger charge is -2.32. The van der Waals surface area contributed by atoms with Gasteiger partial charge in [0.25, 0.3) is 0 Å². The van der Waals surface area contributed by atoms with Gasteiger partial charge in [0.05, 0.1) is 5.92 Å². The first-order valence-corrected chi connectivity index (χ1v) is 7.78. The lowest BCUT2D eigenvalue weighted by atomic mass is 9.96. The lowest BCUT2D eigenvalue weighted by Crippen LogP contribution is -2.47. The number of carbonyl (C=O) groups excluding carboxylic acids is 2. The summed E-state index contributed by atoms with van der Waals surface area (Å²) in [4.78, 5) is 25.8. The second-order valence-corrected chi connectivity index (χ2v) is 6.12. The number of halogens is 1. The molecule has 0 bridgehead atoms. The topological polar surface area (TPSA) is 49.4 Å². The van der Waals surface area contributed by atoms with Gasteiger partial charge in [-0.25, -0.2) is 4.39 Å². The quantitative estimate of drug-likeness (QED) is 0.906. The zero-order chi connectivity index (χ0) is 16.1. The summed E-state index contributed by atoms with van der Waals surface area (Å²) in [6.45, 7) is 4.82. The predicted molar refractivity (Wildman–Crippen MR) is 82.7 cm³/mol. The molecule has 5 heteroatoms. The number of rotatable bonds is 5. The fourth-order valence-electron chi connectivity index (χ4n) is 2.70. The van der Waals surface area contributed by atoms with Gasteiger partial charge in [-0.05, 0) is 44.4 Å². The first-order valence-electron chi connectivity index (χ1n) is 7.78. The molecule has 4 nitrogen and oxygen atoms in total. The van der Waals surface area contributed by atoms with Gasteiger partial charge in [-0.2, -0.15) is 0 Å². The van der Waals surface area contributed by atoms with Crippen molar-refractivity contribution < 1.29 is 14.0 Å². The van der Waals surface area contributed by atoms with E-state index in [1.165, 1.54) is 12.1 Å². The minimum absolute atomic E-state index is 0.0123. The Bertz CT molecular complexity index is 545. The van der Waals surface area contributed by atoms with E-state index < -0.39 is 0 Å². The highest BCUT2D eigenvalue weighted by Gasteiger charge is 2.30. The summed E-state index contributed by atoms with van der Waals surface area (Å²) in [6.07, 6.45) is 1.61. The number of carbonyl (C=O) groups is 2. The maximum absolute atomic E-state index is 13.2. The van der Waals surface area contributed by atoms with Crippen LogP contribution in [0.1, 0.15) is 32.3 Å². The Labute approximate surface area is 130 Å². The molecule has 1 fully saturated rings. The summed E-state index contributed by atoms with van der Waals surface area (Å²) in [5, 5.41) is 2.90. The molecule has 0 spiro atoms. The number of hydrogen-bond donors (Lipinski definition) is 1. The molecule has 1 saturated heterocycles. The maximum Gasteiger partial charge on any atom is 0.225 e. The molecule has 2 rings (SSSR count). The molecule has 1 aliphatic heterocycles. The van der Waals surface area contributed by atoms with Gasteiger partial charge >= 0.3 is 0 Å². The van der Waals surface area contributed by atoms with E-state index >= 15 is 0 Å². The highest BCUT2D eigenvalue weighted by molar-refractivity contribution is 5.83. The number of amides is 2. The molecule has 0 radical (unpaired) electrons. The molecule has 0 aromatic heterocycles. The van der Waals surface area contributed by atoms with Crippen LogP contribution in [0.5, 0.6) is 0 Å². The van der Waals surface area contributed by atoms with Crippen LogP contribution in [-0.2, 0) is 16.0 Å².